The summed E-state index contributed by atoms with van der Waals surface area (Å²) in [6.45, 7) is 0.501. The Labute approximate surface area is 109 Å². The molecule has 0 amide bonds. The average Bonchev–Trinajstić information content (AvgIpc) is 2.33. The number of hydrogen-bond donors (Lipinski definition) is 3. The summed E-state index contributed by atoms with van der Waals surface area (Å²) >= 11 is 0. The molecule has 1 atom stereocenters. The fourth-order valence-corrected chi connectivity index (χ4v) is 0.779. The van der Waals surface area contributed by atoms with E-state index in [2.05, 4.69) is 0 Å². The van der Waals surface area contributed by atoms with Crippen molar-refractivity contribution in [3.63, 3.8) is 0 Å². The van der Waals surface area contributed by atoms with Gasteiger partial charge in [0.25, 0.3) is 0 Å². The van der Waals surface area contributed by atoms with Crippen molar-refractivity contribution in [3.8, 4) is 0 Å². The third-order valence-electron chi connectivity index (χ3n) is 1.82. The van der Waals surface area contributed by atoms with Gasteiger partial charge in [-0.2, -0.15) is 0 Å². The van der Waals surface area contributed by atoms with Gasteiger partial charge in [0.2, 0.25) is 0 Å². The summed E-state index contributed by atoms with van der Waals surface area (Å²) in [7, 11) is 0. The van der Waals surface area contributed by atoms with Gasteiger partial charge in [-0.15, -0.1) is 0 Å². The summed E-state index contributed by atoms with van der Waals surface area (Å²) in [4.78, 5) is 39.4. The first-order chi connectivity index (χ1) is 8.72. The lowest BCUT2D eigenvalue weighted by Gasteiger charge is -2.02. The smallest absolute Gasteiger partial charge is 0.320 e. The molecule has 0 rings (SSSR count). The van der Waals surface area contributed by atoms with Crippen molar-refractivity contribution in [2.75, 3.05) is 6.54 Å². The molecule has 19 heavy (non-hydrogen) atoms. The maximum atomic E-state index is 10.1. The number of rotatable bonds is 8. The normalized spacial score (nSPS) is 10.8. The Kier molecular flexibility index (Phi) is 11.3. The fraction of sp³-hybridized carbons (Fsp3) is 0.600. The summed E-state index contributed by atoms with van der Waals surface area (Å²) in [5, 5.41) is 27.5. The molecule has 9 nitrogen and oxygen atoms in total. The first-order valence-corrected chi connectivity index (χ1v) is 5.34. The summed E-state index contributed by atoms with van der Waals surface area (Å²) < 4.78 is 0. The quantitative estimate of drug-likeness (QED) is 0.371. The Balaban J connectivity index is 0. The summed E-state index contributed by atoms with van der Waals surface area (Å²) in [6, 6.07) is -0.742. The average molecular weight is 276 g/mol. The molecule has 110 valence electrons. The molecule has 0 aliphatic heterocycles. The predicted molar refractivity (Wildman–Crippen MR) is 58.2 cm³/mol. The second-order valence-corrected chi connectivity index (χ2v) is 3.46. The van der Waals surface area contributed by atoms with Crippen molar-refractivity contribution in [2.45, 2.75) is 31.7 Å². The van der Waals surface area contributed by atoms with Crippen LogP contribution in [-0.2, 0) is 19.2 Å². The topological polar surface area (TPSA) is 187 Å². The third kappa shape index (κ3) is 13.9. The SMILES string of the molecule is NCCCC(N)C(=O)O.O=C([O-])CCC(=O)C(=O)[O-]. The zero-order valence-electron chi connectivity index (χ0n) is 10.2. The van der Waals surface area contributed by atoms with Gasteiger partial charge in [-0.25, -0.2) is 0 Å². The molecule has 0 aromatic heterocycles. The molecule has 0 fully saturated rings. The lowest BCUT2D eigenvalue weighted by Crippen LogP contribution is -2.33. The zero-order chi connectivity index (χ0) is 15.4. The van der Waals surface area contributed by atoms with Crippen LogP contribution in [0, 0.1) is 0 Å². The van der Waals surface area contributed by atoms with Crippen LogP contribution >= 0.6 is 0 Å². The van der Waals surface area contributed by atoms with Crippen molar-refractivity contribution in [2.24, 2.45) is 11.5 Å². The van der Waals surface area contributed by atoms with Gasteiger partial charge in [0.05, 0.1) is 0 Å². The van der Waals surface area contributed by atoms with E-state index in [1.54, 1.807) is 0 Å². The number of carbonyl (C=O) groups excluding carboxylic acids is 3. The van der Waals surface area contributed by atoms with E-state index in [1.807, 2.05) is 0 Å². The molecule has 0 saturated heterocycles. The molecular formula is C10H16N2O7-2. The number of carbonyl (C=O) groups is 4. The molecule has 9 heteroatoms. The molecule has 0 aromatic rings. The van der Waals surface area contributed by atoms with Crippen LogP contribution in [0.4, 0.5) is 0 Å². The zero-order valence-corrected chi connectivity index (χ0v) is 10.2. The van der Waals surface area contributed by atoms with Crippen LogP contribution < -0.4 is 21.7 Å². The molecule has 0 aliphatic carbocycles. The van der Waals surface area contributed by atoms with E-state index in [9.17, 15) is 29.4 Å². The standard InChI is InChI=1S/C5H12N2O2.C5H6O5/c6-3-1-2-4(7)5(8)9;6-3(5(9)10)1-2-4(7)8/h4H,1-3,6-7H2,(H,8,9);1-2H2,(H,7,8)(H,9,10)/p-2. The van der Waals surface area contributed by atoms with Crippen LogP contribution in [0.5, 0.6) is 0 Å². The van der Waals surface area contributed by atoms with E-state index in [4.69, 9.17) is 16.6 Å². The molecule has 0 saturated carbocycles. The Morgan fingerprint density at radius 1 is 1.11 bits per heavy atom. The molecule has 0 aromatic carbocycles. The predicted octanol–water partition coefficient (Wildman–Crippen LogP) is -4.03. The van der Waals surface area contributed by atoms with E-state index in [1.165, 1.54) is 0 Å². The summed E-state index contributed by atoms with van der Waals surface area (Å²) in [6.07, 6.45) is -0.00319. The third-order valence-corrected chi connectivity index (χ3v) is 1.82. The largest absolute Gasteiger partial charge is 0.550 e. The molecular weight excluding hydrogens is 260 g/mol. The molecule has 0 bridgehead atoms. The van der Waals surface area contributed by atoms with Crippen molar-refractivity contribution in [1.82, 2.24) is 0 Å². The van der Waals surface area contributed by atoms with Crippen LogP contribution in [0.15, 0.2) is 0 Å². The van der Waals surface area contributed by atoms with E-state index in [0.717, 1.165) is 0 Å². The molecule has 0 heterocycles. The van der Waals surface area contributed by atoms with Gasteiger partial charge in [0.1, 0.15) is 12.0 Å². The molecule has 1 unspecified atom stereocenters. The summed E-state index contributed by atoms with van der Waals surface area (Å²) in [5.41, 5.74) is 10.3. The highest BCUT2D eigenvalue weighted by molar-refractivity contribution is 6.31. The van der Waals surface area contributed by atoms with E-state index in [-0.39, 0.29) is 0 Å². The number of ketones is 1. The monoisotopic (exact) mass is 276 g/mol. The van der Waals surface area contributed by atoms with Gasteiger partial charge in [0.15, 0.2) is 5.78 Å². The molecule has 0 radical (unpaired) electrons. The van der Waals surface area contributed by atoms with E-state index < -0.39 is 42.6 Å². The second-order valence-electron chi connectivity index (χ2n) is 3.46. The van der Waals surface area contributed by atoms with Gasteiger partial charge in [-0.05, 0) is 25.8 Å². The minimum atomic E-state index is -1.86. The van der Waals surface area contributed by atoms with Gasteiger partial charge in [0, 0.05) is 12.4 Å². The van der Waals surface area contributed by atoms with Crippen LogP contribution in [0.25, 0.3) is 0 Å². The minimum Gasteiger partial charge on any atom is -0.550 e. The van der Waals surface area contributed by atoms with Crippen LogP contribution in [0.2, 0.25) is 0 Å². The maximum Gasteiger partial charge on any atom is 0.320 e. The Hall–Kier alpha value is -2.00. The van der Waals surface area contributed by atoms with Gasteiger partial charge < -0.3 is 36.4 Å². The Morgan fingerprint density at radius 3 is 1.95 bits per heavy atom. The Morgan fingerprint density at radius 2 is 1.63 bits per heavy atom. The fourth-order valence-electron chi connectivity index (χ4n) is 0.779. The van der Waals surface area contributed by atoms with Crippen molar-refractivity contribution >= 4 is 23.7 Å². The molecule has 0 aliphatic rings. The summed E-state index contributed by atoms with van der Waals surface area (Å²) in [5.74, 6) is -5.48. The number of nitrogens with two attached hydrogens (primary N) is 2. The maximum absolute atomic E-state index is 10.1. The first kappa shape index (κ1) is 19.3. The highest BCUT2D eigenvalue weighted by Gasteiger charge is 2.08. The lowest BCUT2D eigenvalue weighted by atomic mass is 10.2. The van der Waals surface area contributed by atoms with Crippen molar-refractivity contribution in [1.29, 1.82) is 0 Å². The van der Waals surface area contributed by atoms with E-state index >= 15 is 0 Å². The van der Waals surface area contributed by atoms with Gasteiger partial charge in [-0.1, -0.05) is 0 Å². The van der Waals surface area contributed by atoms with Gasteiger partial charge >= 0.3 is 5.97 Å². The molecule has 0 spiro atoms. The van der Waals surface area contributed by atoms with Crippen molar-refractivity contribution < 1.29 is 34.5 Å². The number of aliphatic carboxylic acids is 3. The number of Topliss-reactive ketones (excluding diaryl/α,β-unsaturated/α-hetero) is 1. The van der Waals surface area contributed by atoms with Crippen LogP contribution in [-0.4, -0.2) is 41.4 Å². The lowest BCUT2D eigenvalue weighted by molar-refractivity contribution is -0.306. The first-order valence-electron chi connectivity index (χ1n) is 5.34. The van der Waals surface area contributed by atoms with Gasteiger partial charge in [-0.3, -0.25) is 9.59 Å². The molecule has 5 N–H and O–H groups in total. The van der Waals surface area contributed by atoms with Crippen LogP contribution in [0.3, 0.4) is 0 Å². The number of carboxylic acids is 3. The minimum absolute atomic E-state index is 0.464. The second kappa shape index (κ2) is 11.1. The van der Waals surface area contributed by atoms with E-state index in [0.29, 0.717) is 19.4 Å². The number of hydrogen-bond acceptors (Lipinski definition) is 8. The van der Waals surface area contributed by atoms with Crippen molar-refractivity contribution in [3.05, 3.63) is 0 Å². The highest BCUT2D eigenvalue weighted by Crippen LogP contribution is 1.91. The Bertz CT molecular complexity index is 330. The number of carboxylic acid groups (broad SMARTS) is 3. The highest BCUT2D eigenvalue weighted by atomic mass is 16.4. The van der Waals surface area contributed by atoms with Crippen LogP contribution in [0.1, 0.15) is 25.7 Å².